The van der Waals surface area contributed by atoms with E-state index in [0.717, 1.165) is 59.9 Å². The largest absolute Gasteiger partial charge is 0.506 e. The maximum absolute atomic E-state index is 13.0. The van der Waals surface area contributed by atoms with Crippen LogP contribution in [0.3, 0.4) is 0 Å². The molecular weight excluding hydrogens is 476 g/mol. The van der Waals surface area contributed by atoms with E-state index in [9.17, 15) is 9.90 Å². The molecule has 200 valence electrons. The van der Waals surface area contributed by atoms with Gasteiger partial charge in [0.05, 0.1) is 11.5 Å². The normalized spacial score (nSPS) is 12.1. The van der Waals surface area contributed by atoms with Gasteiger partial charge in [-0.3, -0.25) is 0 Å². The third kappa shape index (κ3) is 5.26. The van der Waals surface area contributed by atoms with Crippen LogP contribution < -0.4 is 20.5 Å². The Morgan fingerprint density at radius 1 is 0.921 bits per heavy atom. The summed E-state index contributed by atoms with van der Waals surface area (Å²) in [6.45, 7) is 18.2. The minimum atomic E-state index is -0.576. The van der Waals surface area contributed by atoms with Gasteiger partial charge in [-0.1, -0.05) is 26.8 Å². The van der Waals surface area contributed by atoms with Crippen LogP contribution in [0.2, 0.25) is 0 Å². The molecule has 2 heterocycles. The van der Waals surface area contributed by atoms with Crippen molar-refractivity contribution in [2.24, 2.45) is 0 Å². The van der Waals surface area contributed by atoms with E-state index in [1.54, 1.807) is 6.08 Å². The van der Waals surface area contributed by atoms with Gasteiger partial charge in [-0.05, 0) is 63.6 Å². The van der Waals surface area contributed by atoms with Crippen LogP contribution in [0.1, 0.15) is 65.4 Å². The maximum Gasteiger partial charge on any atom is 0.347 e. The first kappa shape index (κ1) is 27.2. The molecule has 0 spiro atoms. The number of nitrogens with zero attached hydrogens (tertiary/aromatic N) is 2. The fourth-order valence-electron chi connectivity index (χ4n) is 4.79. The van der Waals surface area contributed by atoms with Crippen LogP contribution in [0.5, 0.6) is 5.75 Å². The van der Waals surface area contributed by atoms with Crippen LogP contribution in [0.15, 0.2) is 56.1 Å². The van der Waals surface area contributed by atoms with Gasteiger partial charge in [0.15, 0.2) is 0 Å². The molecule has 6 nitrogen and oxygen atoms in total. The van der Waals surface area contributed by atoms with Crippen molar-refractivity contribution in [3.63, 3.8) is 0 Å². The Balaban J connectivity index is 1.86. The van der Waals surface area contributed by atoms with Gasteiger partial charge in [0, 0.05) is 41.9 Å². The lowest BCUT2D eigenvalue weighted by molar-refractivity contribution is 0.404. The van der Waals surface area contributed by atoms with Gasteiger partial charge < -0.3 is 18.8 Å². The Kier molecular flexibility index (Phi) is 7.81. The van der Waals surface area contributed by atoms with Crippen LogP contribution in [0.25, 0.3) is 34.4 Å². The van der Waals surface area contributed by atoms with E-state index in [4.69, 9.17) is 8.83 Å². The summed E-state index contributed by atoms with van der Waals surface area (Å²) < 4.78 is 14.3. The molecule has 2 aliphatic rings. The van der Waals surface area contributed by atoms with E-state index in [-0.39, 0.29) is 16.7 Å². The highest BCUT2D eigenvalue weighted by molar-refractivity contribution is 5.91. The number of rotatable bonds is 7. The zero-order valence-electron chi connectivity index (χ0n) is 23.6. The Labute approximate surface area is 224 Å². The standard InChI is InChI=1S/C32H38N2O4/c1-8-33(9-2)22-13-16-24-21(18-29(32(5,6)7)37-27(24)19-22)12-15-26-30(35)25-17-14-23(34(10-3)11-4)20-28(25)38-31(26)36/h12-20H,8-11H2,1-7H3/p+1. The molecule has 38 heavy (non-hydrogen) atoms. The molecule has 0 unspecified atom stereocenters. The minimum Gasteiger partial charge on any atom is -0.506 e. The van der Waals surface area contributed by atoms with Crippen molar-refractivity contribution in [3.05, 3.63) is 75.1 Å². The Morgan fingerprint density at radius 3 is 2.26 bits per heavy atom. The molecule has 0 radical (unpaired) electrons. The van der Waals surface area contributed by atoms with Crippen LogP contribution in [0.4, 0.5) is 5.69 Å². The van der Waals surface area contributed by atoms with Crippen molar-refractivity contribution < 1.29 is 13.9 Å². The summed E-state index contributed by atoms with van der Waals surface area (Å²) in [4.78, 5) is 15.1. The number of benzene rings is 2. The second kappa shape index (κ2) is 10.9. The fourth-order valence-corrected chi connectivity index (χ4v) is 4.79. The first-order chi connectivity index (χ1) is 18.1. The molecule has 1 aromatic heterocycles. The fraction of sp³-hybridized carbons (Fsp3) is 0.375. The highest BCUT2D eigenvalue weighted by Crippen LogP contribution is 2.35. The van der Waals surface area contributed by atoms with Crippen molar-refractivity contribution in [3.8, 4) is 17.1 Å². The smallest absolute Gasteiger partial charge is 0.347 e. The highest BCUT2D eigenvalue weighted by Gasteiger charge is 2.22. The molecule has 2 aromatic rings. The van der Waals surface area contributed by atoms with Crippen LogP contribution in [-0.4, -0.2) is 31.3 Å². The Bertz CT molecular complexity index is 1570. The molecule has 4 rings (SSSR count). The quantitative estimate of drug-likeness (QED) is 0.230. The topological polar surface area (TPSA) is 69.8 Å². The summed E-state index contributed by atoms with van der Waals surface area (Å²) in [6.07, 6.45) is 3.49. The van der Waals surface area contributed by atoms with Gasteiger partial charge in [-0.25, -0.2) is 9.37 Å². The van der Waals surface area contributed by atoms with E-state index >= 15 is 0 Å². The second-order valence-electron chi connectivity index (χ2n) is 10.5. The molecule has 0 amide bonds. The lowest BCUT2D eigenvalue weighted by atomic mass is 9.90. The number of hydrogen-bond acceptors (Lipinski definition) is 5. The first-order valence-corrected chi connectivity index (χ1v) is 13.5. The lowest BCUT2D eigenvalue weighted by Crippen LogP contribution is -2.29. The Hall–Kier alpha value is -3.80. The summed E-state index contributed by atoms with van der Waals surface area (Å²) in [6, 6.07) is 13.8. The van der Waals surface area contributed by atoms with E-state index < -0.39 is 5.63 Å². The summed E-state index contributed by atoms with van der Waals surface area (Å²) in [5.74, 6) is 1.53. The molecule has 6 heteroatoms. The average Bonchev–Trinajstić information content (AvgIpc) is 2.89. The first-order valence-electron chi connectivity index (χ1n) is 13.5. The minimum absolute atomic E-state index is 0.0802. The summed E-state index contributed by atoms with van der Waals surface area (Å²) >= 11 is 0. The zero-order valence-corrected chi connectivity index (χ0v) is 23.6. The molecule has 1 aromatic carbocycles. The van der Waals surface area contributed by atoms with E-state index in [1.165, 1.54) is 0 Å². The molecule has 1 aliphatic heterocycles. The van der Waals surface area contributed by atoms with Gasteiger partial charge in [-0.15, -0.1) is 0 Å². The number of fused-ring (bicyclic) bond motifs is 2. The molecule has 0 saturated carbocycles. The average molecular weight is 516 g/mol. The van der Waals surface area contributed by atoms with Crippen molar-refractivity contribution in [2.75, 3.05) is 31.1 Å². The number of hydrogen-bond donors (Lipinski definition) is 1. The summed E-state index contributed by atoms with van der Waals surface area (Å²) in [5, 5.41) is 12.7. The number of aromatic hydroxyl groups is 1. The van der Waals surface area contributed by atoms with Crippen LogP contribution >= 0.6 is 0 Å². The van der Waals surface area contributed by atoms with E-state index in [1.807, 2.05) is 30.3 Å². The molecule has 0 saturated heterocycles. The molecule has 0 fully saturated rings. The molecular formula is C32H39N2O4+. The van der Waals surface area contributed by atoms with Gasteiger partial charge in [0.1, 0.15) is 41.5 Å². The third-order valence-corrected chi connectivity index (χ3v) is 7.11. The third-order valence-electron chi connectivity index (χ3n) is 7.11. The van der Waals surface area contributed by atoms with Crippen molar-refractivity contribution in [2.45, 2.75) is 53.9 Å². The molecule has 0 bridgehead atoms. The van der Waals surface area contributed by atoms with Crippen molar-refractivity contribution in [1.82, 2.24) is 4.58 Å². The number of anilines is 1. The van der Waals surface area contributed by atoms with Crippen LogP contribution in [0, 0.1) is 0 Å². The van der Waals surface area contributed by atoms with E-state index in [2.05, 4.69) is 76.1 Å². The van der Waals surface area contributed by atoms with Gasteiger partial charge >= 0.3 is 5.63 Å². The van der Waals surface area contributed by atoms with E-state index in [0.29, 0.717) is 11.0 Å². The van der Waals surface area contributed by atoms with Gasteiger partial charge in [0.25, 0.3) is 0 Å². The lowest BCUT2D eigenvalue weighted by Gasteiger charge is -2.21. The highest BCUT2D eigenvalue weighted by atomic mass is 16.4. The summed E-state index contributed by atoms with van der Waals surface area (Å²) in [5.41, 5.74) is 2.49. The zero-order chi connectivity index (χ0) is 27.6. The molecule has 1 aliphatic carbocycles. The molecule has 1 N–H and O–H groups in total. The summed E-state index contributed by atoms with van der Waals surface area (Å²) in [7, 11) is 0. The maximum atomic E-state index is 13.0. The Morgan fingerprint density at radius 2 is 1.63 bits per heavy atom. The monoisotopic (exact) mass is 515 g/mol. The van der Waals surface area contributed by atoms with Gasteiger partial charge in [0.2, 0.25) is 5.36 Å². The van der Waals surface area contributed by atoms with Crippen LogP contribution in [-0.2, 0) is 5.41 Å². The SMILES string of the molecule is CCN(CC)c1ccc2c(O)c(/C=C/c3cc(C(C)(C)C)oc4cc(=[N+](CC)CC)ccc3-4)c(=O)oc2c1. The molecule has 0 atom stereocenters. The van der Waals surface area contributed by atoms with Gasteiger partial charge in [-0.2, -0.15) is 0 Å². The second-order valence-corrected chi connectivity index (χ2v) is 10.5. The van der Waals surface area contributed by atoms with Crippen molar-refractivity contribution >= 4 is 28.8 Å². The predicted molar refractivity (Wildman–Crippen MR) is 157 cm³/mol. The predicted octanol–water partition coefficient (Wildman–Crippen LogP) is 6.32. The van der Waals surface area contributed by atoms with Crippen molar-refractivity contribution in [1.29, 1.82) is 0 Å².